The molecule has 0 bridgehead atoms. The Labute approximate surface area is 176 Å². The summed E-state index contributed by atoms with van der Waals surface area (Å²) in [7, 11) is 0. The topological polar surface area (TPSA) is 77.8 Å². The molecule has 1 aromatic carbocycles. The number of hydrogen-bond donors (Lipinski definition) is 3. The molecule has 1 heterocycles. The van der Waals surface area contributed by atoms with Crippen molar-refractivity contribution < 1.29 is 20.1 Å². The number of carbonyl (C=O) groups is 1. The third-order valence-corrected chi connectivity index (χ3v) is 5.99. The van der Waals surface area contributed by atoms with Gasteiger partial charge >= 0.3 is 5.97 Å². The van der Waals surface area contributed by atoms with E-state index in [0.717, 1.165) is 16.7 Å². The van der Waals surface area contributed by atoms with Crippen molar-refractivity contribution in [2.24, 2.45) is 0 Å². The SMILES string of the molecule is CC(C)=Cc1c(-c2ccccc2)sc(C(C)C)c1/C=C/[C@@H](O)C[C@@H](O)CC(=O)O. The standard InChI is InChI=1S/C24H30O4S/c1-15(2)12-21-20(11-10-18(25)13-19(26)14-22(27)28)23(16(3)4)29-24(21)17-8-6-5-7-9-17/h5-12,16,18-19,25-26H,13-14H2,1-4H3,(H,27,28)/b11-10+/t18-,19-/m1/s1. The number of allylic oxidation sites excluding steroid dienone is 1. The molecule has 0 aliphatic rings. The summed E-state index contributed by atoms with van der Waals surface area (Å²) in [6.45, 7) is 8.42. The van der Waals surface area contributed by atoms with Crippen LogP contribution in [-0.2, 0) is 4.79 Å². The van der Waals surface area contributed by atoms with Crippen LogP contribution in [0.2, 0.25) is 0 Å². The number of benzene rings is 1. The maximum absolute atomic E-state index is 10.7. The van der Waals surface area contributed by atoms with Gasteiger partial charge in [-0.3, -0.25) is 4.79 Å². The number of aliphatic hydroxyl groups excluding tert-OH is 2. The Hall–Kier alpha value is -2.21. The minimum Gasteiger partial charge on any atom is -0.481 e. The van der Waals surface area contributed by atoms with Crippen molar-refractivity contribution in [2.45, 2.75) is 58.7 Å². The van der Waals surface area contributed by atoms with Gasteiger partial charge in [0.05, 0.1) is 18.6 Å². The predicted molar refractivity (Wildman–Crippen MR) is 121 cm³/mol. The Morgan fingerprint density at radius 3 is 2.31 bits per heavy atom. The highest BCUT2D eigenvalue weighted by molar-refractivity contribution is 7.16. The molecule has 1 aromatic heterocycles. The lowest BCUT2D eigenvalue weighted by Crippen LogP contribution is -2.19. The fourth-order valence-corrected chi connectivity index (χ4v) is 4.44. The van der Waals surface area contributed by atoms with Gasteiger partial charge in [0.2, 0.25) is 0 Å². The number of carboxylic acid groups (broad SMARTS) is 1. The summed E-state index contributed by atoms with van der Waals surface area (Å²) in [6, 6.07) is 10.3. The molecule has 0 saturated heterocycles. The molecule has 4 nitrogen and oxygen atoms in total. The van der Waals surface area contributed by atoms with Gasteiger partial charge < -0.3 is 15.3 Å². The fraction of sp³-hybridized carbons (Fsp3) is 0.375. The van der Waals surface area contributed by atoms with Crippen LogP contribution in [0, 0.1) is 0 Å². The van der Waals surface area contributed by atoms with E-state index in [0.29, 0.717) is 5.92 Å². The largest absolute Gasteiger partial charge is 0.481 e. The molecule has 0 unspecified atom stereocenters. The van der Waals surface area contributed by atoms with Crippen LogP contribution in [0.1, 0.15) is 62.5 Å². The van der Waals surface area contributed by atoms with E-state index in [1.807, 2.05) is 24.3 Å². The molecule has 156 valence electrons. The number of rotatable bonds is 9. The summed E-state index contributed by atoms with van der Waals surface area (Å²) in [5.74, 6) is -0.761. The van der Waals surface area contributed by atoms with Crippen molar-refractivity contribution in [3.05, 3.63) is 58.0 Å². The van der Waals surface area contributed by atoms with Gasteiger partial charge in [-0.05, 0) is 30.9 Å². The minimum absolute atomic E-state index is 0.00648. The smallest absolute Gasteiger partial charge is 0.305 e. The minimum atomic E-state index is -1.08. The monoisotopic (exact) mass is 414 g/mol. The Morgan fingerprint density at radius 1 is 1.10 bits per heavy atom. The Bertz CT molecular complexity index is 874. The van der Waals surface area contributed by atoms with Crippen molar-refractivity contribution in [3.63, 3.8) is 0 Å². The second-order valence-electron chi connectivity index (χ2n) is 7.78. The van der Waals surface area contributed by atoms with Gasteiger partial charge in [-0.1, -0.05) is 68.0 Å². The van der Waals surface area contributed by atoms with E-state index in [9.17, 15) is 15.0 Å². The third-order valence-electron chi connectivity index (χ3n) is 4.41. The zero-order valence-corrected chi connectivity index (χ0v) is 18.2. The van der Waals surface area contributed by atoms with Gasteiger partial charge in [0.15, 0.2) is 0 Å². The summed E-state index contributed by atoms with van der Waals surface area (Å²) in [5.41, 5.74) is 4.53. The first-order chi connectivity index (χ1) is 13.7. The van der Waals surface area contributed by atoms with Crippen LogP contribution in [0.3, 0.4) is 0 Å². The molecule has 3 N–H and O–H groups in total. The zero-order chi connectivity index (χ0) is 21.6. The van der Waals surface area contributed by atoms with Gasteiger partial charge in [-0.15, -0.1) is 11.3 Å². The molecular formula is C24H30O4S. The number of thiophene rings is 1. The molecule has 2 atom stereocenters. The van der Waals surface area contributed by atoms with E-state index in [1.54, 1.807) is 17.4 Å². The molecule has 0 fully saturated rings. The van der Waals surface area contributed by atoms with Crippen LogP contribution >= 0.6 is 11.3 Å². The summed E-state index contributed by atoms with van der Waals surface area (Å²) < 4.78 is 0. The average Bonchev–Trinajstić information content (AvgIpc) is 2.97. The van der Waals surface area contributed by atoms with Crippen molar-refractivity contribution in [2.75, 3.05) is 0 Å². The van der Waals surface area contributed by atoms with E-state index in [2.05, 4.69) is 45.9 Å². The van der Waals surface area contributed by atoms with Crippen LogP contribution in [0.4, 0.5) is 0 Å². The van der Waals surface area contributed by atoms with Crippen LogP contribution in [0.15, 0.2) is 42.0 Å². The lowest BCUT2D eigenvalue weighted by Gasteiger charge is -2.11. The van der Waals surface area contributed by atoms with Crippen molar-refractivity contribution in [3.8, 4) is 10.4 Å². The molecule has 0 amide bonds. The highest BCUT2D eigenvalue weighted by Gasteiger charge is 2.19. The zero-order valence-electron chi connectivity index (χ0n) is 17.4. The number of hydrogen-bond acceptors (Lipinski definition) is 4. The van der Waals surface area contributed by atoms with E-state index in [1.165, 1.54) is 15.3 Å². The van der Waals surface area contributed by atoms with E-state index >= 15 is 0 Å². The first kappa shape index (κ1) is 23.1. The van der Waals surface area contributed by atoms with Crippen molar-refractivity contribution >= 4 is 29.5 Å². The van der Waals surface area contributed by atoms with E-state index in [-0.39, 0.29) is 12.8 Å². The van der Waals surface area contributed by atoms with Crippen molar-refractivity contribution in [1.29, 1.82) is 0 Å². The van der Waals surface area contributed by atoms with Gasteiger partial charge in [-0.25, -0.2) is 0 Å². The molecular weight excluding hydrogens is 384 g/mol. The maximum Gasteiger partial charge on any atom is 0.305 e. The Balaban J connectivity index is 2.45. The molecule has 0 radical (unpaired) electrons. The van der Waals surface area contributed by atoms with Crippen LogP contribution < -0.4 is 0 Å². The Morgan fingerprint density at radius 2 is 1.76 bits per heavy atom. The first-order valence-corrected chi connectivity index (χ1v) is 10.6. The predicted octanol–water partition coefficient (Wildman–Crippen LogP) is 5.56. The molecule has 0 spiro atoms. The van der Waals surface area contributed by atoms with Crippen LogP contribution in [0.25, 0.3) is 22.6 Å². The summed E-state index contributed by atoms with van der Waals surface area (Å²) in [4.78, 5) is 13.1. The highest BCUT2D eigenvalue weighted by Crippen LogP contribution is 2.42. The van der Waals surface area contributed by atoms with Gasteiger partial charge in [-0.2, -0.15) is 0 Å². The maximum atomic E-state index is 10.7. The first-order valence-electron chi connectivity index (χ1n) is 9.82. The lowest BCUT2D eigenvalue weighted by atomic mass is 9.97. The van der Waals surface area contributed by atoms with Gasteiger partial charge in [0.1, 0.15) is 0 Å². The van der Waals surface area contributed by atoms with Gasteiger partial charge in [0, 0.05) is 21.7 Å². The van der Waals surface area contributed by atoms with E-state index < -0.39 is 18.2 Å². The molecule has 0 saturated carbocycles. The molecule has 0 aliphatic carbocycles. The molecule has 29 heavy (non-hydrogen) atoms. The molecule has 5 heteroatoms. The third kappa shape index (κ3) is 6.67. The van der Waals surface area contributed by atoms with Crippen molar-refractivity contribution in [1.82, 2.24) is 0 Å². The second-order valence-corrected chi connectivity index (χ2v) is 8.83. The highest BCUT2D eigenvalue weighted by atomic mass is 32.1. The molecule has 2 aromatic rings. The summed E-state index contributed by atoms with van der Waals surface area (Å²) in [6.07, 6.45) is 3.35. The fourth-order valence-electron chi connectivity index (χ4n) is 3.16. The average molecular weight is 415 g/mol. The summed E-state index contributed by atoms with van der Waals surface area (Å²) >= 11 is 1.76. The normalized spacial score (nSPS) is 13.6. The molecule has 0 aliphatic heterocycles. The van der Waals surface area contributed by atoms with Crippen LogP contribution in [-0.4, -0.2) is 33.5 Å². The Kier molecular flexibility index (Phi) is 8.38. The number of aliphatic carboxylic acids is 1. The molecule has 2 rings (SSSR count). The van der Waals surface area contributed by atoms with E-state index in [4.69, 9.17) is 5.11 Å². The number of aliphatic hydroxyl groups is 2. The second kappa shape index (κ2) is 10.5. The number of carboxylic acids is 1. The summed E-state index contributed by atoms with van der Waals surface area (Å²) in [5, 5.41) is 28.8. The lowest BCUT2D eigenvalue weighted by molar-refractivity contribution is -0.139. The van der Waals surface area contributed by atoms with Gasteiger partial charge in [0.25, 0.3) is 0 Å². The van der Waals surface area contributed by atoms with Crippen LogP contribution in [0.5, 0.6) is 0 Å². The quantitative estimate of drug-likeness (QED) is 0.502.